The maximum atomic E-state index is 5.59. The molecule has 1 fully saturated rings. The molecule has 1 aliphatic rings. The van der Waals surface area contributed by atoms with Crippen LogP contribution in [-0.4, -0.2) is 16.6 Å². The Morgan fingerprint density at radius 3 is 2.70 bits per heavy atom. The van der Waals surface area contributed by atoms with E-state index in [0.29, 0.717) is 0 Å². The quantitative estimate of drug-likeness (QED) is 0.516. The molecule has 1 atom stereocenters. The predicted molar refractivity (Wildman–Crippen MR) is 51.6 cm³/mol. The average Bonchev–Trinajstić information content (AvgIpc) is 1.86. The molecular formula is C8H15IO. The molecule has 60 valence electrons. The molecule has 0 aliphatic carbocycles. The van der Waals surface area contributed by atoms with E-state index < -0.39 is 0 Å². The van der Waals surface area contributed by atoms with Gasteiger partial charge in [-0.1, -0.05) is 22.6 Å². The summed E-state index contributed by atoms with van der Waals surface area (Å²) in [6.07, 6.45) is 2.49. The van der Waals surface area contributed by atoms with E-state index in [1.807, 2.05) is 0 Å². The van der Waals surface area contributed by atoms with E-state index >= 15 is 0 Å². The molecular weight excluding hydrogens is 239 g/mol. The SMILES string of the molecule is CC1(C)CC(CI)CCO1. The van der Waals surface area contributed by atoms with Crippen LogP contribution < -0.4 is 0 Å². The molecule has 0 aromatic heterocycles. The van der Waals surface area contributed by atoms with Crippen LogP contribution in [0.25, 0.3) is 0 Å². The molecule has 0 spiro atoms. The van der Waals surface area contributed by atoms with E-state index in [-0.39, 0.29) is 5.60 Å². The van der Waals surface area contributed by atoms with Gasteiger partial charge in [0.05, 0.1) is 5.60 Å². The monoisotopic (exact) mass is 254 g/mol. The van der Waals surface area contributed by atoms with Gasteiger partial charge in [0, 0.05) is 11.0 Å². The van der Waals surface area contributed by atoms with Crippen molar-refractivity contribution in [1.29, 1.82) is 0 Å². The zero-order valence-corrected chi connectivity index (χ0v) is 8.85. The Kier molecular flexibility index (Phi) is 2.98. The molecule has 1 saturated heterocycles. The van der Waals surface area contributed by atoms with Gasteiger partial charge in [0.1, 0.15) is 0 Å². The minimum Gasteiger partial charge on any atom is -0.376 e. The van der Waals surface area contributed by atoms with Crippen LogP contribution in [0.1, 0.15) is 26.7 Å². The fourth-order valence-electron chi connectivity index (χ4n) is 1.49. The van der Waals surface area contributed by atoms with E-state index in [1.54, 1.807) is 0 Å². The van der Waals surface area contributed by atoms with Gasteiger partial charge >= 0.3 is 0 Å². The van der Waals surface area contributed by atoms with Crippen molar-refractivity contribution in [2.24, 2.45) is 5.92 Å². The highest BCUT2D eigenvalue weighted by atomic mass is 127. The smallest absolute Gasteiger partial charge is 0.0629 e. The fourth-order valence-corrected chi connectivity index (χ4v) is 2.24. The van der Waals surface area contributed by atoms with Crippen LogP contribution in [0, 0.1) is 5.92 Å². The van der Waals surface area contributed by atoms with Crippen LogP contribution >= 0.6 is 22.6 Å². The Labute approximate surface area is 76.7 Å². The number of ether oxygens (including phenoxy) is 1. The van der Waals surface area contributed by atoms with Crippen molar-refractivity contribution >= 4 is 22.6 Å². The maximum Gasteiger partial charge on any atom is 0.0629 e. The molecule has 1 rings (SSSR count). The molecule has 0 saturated carbocycles. The van der Waals surface area contributed by atoms with Crippen molar-refractivity contribution in [1.82, 2.24) is 0 Å². The Morgan fingerprint density at radius 1 is 1.60 bits per heavy atom. The lowest BCUT2D eigenvalue weighted by molar-refractivity contribution is -0.0678. The molecule has 0 aromatic carbocycles. The Hall–Kier alpha value is 0.690. The van der Waals surface area contributed by atoms with Gasteiger partial charge in [0.15, 0.2) is 0 Å². The highest BCUT2D eigenvalue weighted by Gasteiger charge is 2.27. The van der Waals surface area contributed by atoms with E-state index in [0.717, 1.165) is 12.5 Å². The second-order valence-corrected chi connectivity index (χ2v) is 4.50. The van der Waals surface area contributed by atoms with Crippen LogP contribution in [0.15, 0.2) is 0 Å². The maximum absolute atomic E-state index is 5.59. The molecule has 10 heavy (non-hydrogen) atoms. The fraction of sp³-hybridized carbons (Fsp3) is 1.00. The summed E-state index contributed by atoms with van der Waals surface area (Å²) in [7, 11) is 0. The Balaban J connectivity index is 2.40. The van der Waals surface area contributed by atoms with Crippen LogP contribution in [0.3, 0.4) is 0 Å². The molecule has 0 radical (unpaired) electrons. The molecule has 0 bridgehead atoms. The van der Waals surface area contributed by atoms with E-state index in [9.17, 15) is 0 Å². The topological polar surface area (TPSA) is 9.23 Å². The van der Waals surface area contributed by atoms with Gasteiger partial charge in [0.2, 0.25) is 0 Å². The van der Waals surface area contributed by atoms with Crippen LogP contribution in [0.4, 0.5) is 0 Å². The van der Waals surface area contributed by atoms with Crippen LogP contribution in [0.5, 0.6) is 0 Å². The first kappa shape index (κ1) is 8.78. The predicted octanol–water partition coefficient (Wildman–Crippen LogP) is 2.63. The minimum atomic E-state index is 0.147. The lowest BCUT2D eigenvalue weighted by atomic mass is 9.90. The van der Waals surface area contributed by atoms with Gasteiger partial charge < -0.3 is 4.74 Å². The molecule has 2 heteroatoms. The molecule has 0 N–H and O–H groups in total. The van der Waals surface area contributed by atoms with Crippen LogP contribution in [-0.2, 0) is 4.74 Å². The summed E-state index contributed by atoms with van der Waals surface area (Å²) in [6.45, 7) is 5.33. The lowest BCUT2D eigenvalue weighted by Crippen LogP contribution is -2.34. The first-order chi connectivity index (χ1) is 4.64. The first-order valence-electron chi connectivity index (χ1n) is 3.84. The molecule has 1 nitrogen and oxygen atoms in total. The van der Waals surface area contributed by atoms with E-state index in [4.69, 9.17) is 4.74 Å². The third kappa shape index (κ3) is 2.38. The summed E-state index contributed by atoms with van der Waals surface area (Å²) >= 11 is 2.47. The number of halogens is 1. The largest absolute Gasteiger partial charge is 0.376 e. The first-order valence-corrected chi connectivity index (χ1v) is 5.36. The number of alkyl halides is 1. The van der Waals surface area contributed by atoms with Gasteiger partial charge in [0.25, 0.3) is 0 Å². The van der Waals surface area contributed by atoms with Gasteiger partial charge in [-0.05, 0) is 32.6 Å². The molecule has 1 heterocycles. The highest BCUT2D eigenvalue weighted by Crippen LogP contribution is 2.29. The normalized spacial score (nSPS) is 32.1. The third-order valence-electron chi connectivity index (χ3n) is 2.02. The molecule has 0 aromatic rings. The van der Waals surface area contributed by atoms with Crippen molar-refractivity contribution in [3.05, 3.63) is 0 Å². The summed E-state index contributed by atoms with van der Waals surface area (Å²) in [5.41, 5.74) is 0.147. The second kappa shape index (κ2) is 3.39. The average molecular weight is 254 g/mol. The number of rotatable bonds is 1. The van der Waals surface area contributed by atoms with Gasteiger partial charge in [-0.15, -0.1) is 0 Å². The van der Waals surface area contributed by atoms with Crippen molar-refractivity contribution in [3.8, 4) is 0 Å². The third-order valence-corrected chi connectivity index (χ3v) is 3.26. The number of hydrogen-bond acceptors (Lipinski definition) is 1. The summed E-state index contributed by atoms with van der Waals surface area (Å²) < 4.78 is 6.88. The van der Waals surface area contributed by atoms with Gasteiger partial charge in [-0.3, -0.25) is 0 Å². The summed E-state index contributed by atoms with van der Waals surface area (Å²) in [6, 6.07) is 0. The molecule has 1 aliphatic heterocycles. The summed E-state index contributed by atoms with van der Waals surface area (Å²) in [5, 5.41) is 0. The molecule has 0 amide bonds. The van der Waals surface area contributed by atoms with Crippen molar-refractivity contribution in [2.45, 2.75) is 32.3 Å². The number of hydrogen-bond donors (Lipinski definition) is 0. The summed E-state index contributed by atoms with van der Waals surface area (Å²) in [5.74, 6) is 0.893. The zero-order valence-electron chi connectivity index (χ0n) is 6.69. The Morgan fingerprint density at radius 2 is 2.30 bits per heavy atom. The Bertz CT molecular complexity index is 112. The van der Waals surface area contributed by atoms with Crippen molar-refractivity contribution < 1.29 is 4.74 Å². The van der Waals surface area contributed by atoms with E-state index in [1.165, 1.54) is 17.3 Å². The van der Waals surface area contributed by atoms with Gasteiger partial charge in [-0.25, -0.2) is 0 Å². The standard InChI is InChI=1S/C8H15IO/c1-8(2)5-7(6-9)3-4-10-8/h7H,3-6H2,1-2H3. The highest BCUT2D eigenvalue weighted by molar-refractivity contribution is 14.1. The van der Waals surface area contributed by atoms with Crippen molar-refractivity contribution in [3.63, 3.8) is 0 Å². The molecule has 1 unspecified atom stereocenters. The van der Waals surface area contributed by atoms with E-state index in [2.05, 4.69) is 36.4 Å². The lowest BCUT2D eigenvalue weighted by Gasteiger charge is -2.34. The van der Waals surface area contributed by atoms with Crippen LogP contribution in [0.2, 0.25) is 0 Å². The second-order valence-electron chi connectivity index (χ2n) is 3.62. The minimum absolute atomic E-state index is 0.147. The summed E-state index contributed by atoms with van der Waals surface area (Å²) in [4.78, 5) is 0. The van der Waals surface area contributed by atoms with Crippen molar-refractivity contribution in [2.75, 3.05) is 11.0 Å². The zero-order chi connectivity index (χ0) is 7.61. The van der Waals surface area contributed by atoms with Gasteiger partial charge in [-0.2, -0.15) is 0 Å².